The monoisotopic (exact) mass is 421 g/mol. The van der Waals surface area contributed by atoms with E-state index in [2.05, 4.69) is 37.2 Å². The van der Waals surface area contributed by atoms with Crippen LogP contribution in [-0.2, 0) is 18.3 Å². The zero-order valence-corrected chi connectivity index (χ0v) is 15.9. The third-order valence-electron chi connectivity index (χ3n) is 4.18. The minimum atomic E-state index is -0.469. The minimum Gasteiger partial charge on any atom is -0.484 e. The Bertz CT molecular complexity index is 790. The number of aromatic nitrogens is 2. The van der Waals surface area contributed by atoms with Gasteiger partial charge in [0.1, 0.15) is 5.75 Å². The topological polar surface area (TPSA) is 97.3 Å². The number of aryl methyl sites for hydroxylation is 1. The van der Waals surface area contributed by atoms with Crippen LogP contribution < -0.4 is 20.9 Å². The zero-order valence-electron chi connectivity index (χ0n) is 14.3. The summed E-state index contributed by atoms with van der Waals surface area (Å²) in [5.74, 6) is 0.118. The van der Waals surface area contributed by atoms with Crippen LogP contribution in [0, 0.1) is 0 Å². The number of hydrogen-bond acceptors (Lipinski definition) is 4. The molecule has 0 bridgehead atoms. The van der Waals surface area contributed by atoms with Crippen molar-refractivity contribution in [2.75, 3.05) is 6.61 Å². The van der Waals surface area contributed by atoms with E-state index in [1.54, 1.807) is 18.3 Å². The lowest BCUT2D eigenvalue weighted by atomic mass is 9.93. The number of rotatable bonds is 4. The second kappa shape index (κ2) is 8.22. The number of ether oxygens (including phenoxy) is 1. The summed E-state index contributed by atoms with van der Waals surface area (Å²) in [4.78, 5) is 23.8. The van der Waals surface area contributed by atoms with Crippen molar-refractivity contribution in [2.45, 2.75) is 25.3 Å². The van der Waals surface area contributed by atoms with Crippen molar-refractivity contribution in [1.82, 2.24) is 25.9 Å². The van der Waals surface area contributed by atoms with Crippen molar-refractivity contribution in [3.63, 3.8) is 0 Å². The normalized spacial score (nSPS) is 15.7. The number of nitrogens with zero attached hydrogens (tertiary/aromatic N) is 2. The lowest BCUT2D eigenvalue weighted by Gasteiger charge is -2.23. The highest BCUT2D eigenvalue weighted by atomic mass is 79.9. The van der Waals surface area contributed by atoms with Gasteiger partial charge in [-0.05, 0) is 43.5 Å². The first-order chi connectivity index (χ1) is 12.5. The first-order valence-corrected chi connectivity index (χ1v) is 9.06. The molecule has 1 unspecified atom stereocenters. The highest BCUT2D eigenvalue weighted by Gasteiger charge is 2.24. The van der Waals surface area contributed by atoms with Gasteiger partial charge < -0.3 is 10.1 Å². The number of halogens is 1. The molecule has 8 nitrogen and oxygen atoms in total. The molecule has 138 valence electrons. The molecule has 0 saturated carbocycles. The number of nitrogens with one attached hydrogen (secondary N) is 3. The lowest BCUT2D eigenvalue weighted by molar-refractivity contribution is -0.123. The van der Waals surface area contributed by atoms with Crippen LogP contribution in [0.2, 0.25) is 0 Å². The molecule has 3 N–H and O–H groups in total. The van der Waals surface area contributed by atoms with Gasteiger partial charge in [0.2, 0.25) is 0 Å². The fourth-order valence-electron chi connectivity index (χ4n) is 2.89. The van der Waals surface area contributed by atoms with E-state index in [0.717, 1.165) is 35.0 Å². The van der Waals surface area contributed by atoms with Crippen molar-refractivity contribution in [3.8, 4) is 5.75 Å². The van der Waals surface area contributed by atoms with Crippen LogP contribution in [0.15, 0.2) is 34.9 Å². The summed E-state index contributed by atoms with van der Waals surface area (Å²) in [6.45, 7) is -0.196. The third kappa shape index (κ3) is 4.54. The molecule has 0 fully saturated rings. The summed E-state index contributed by atoms with van der Waals surface area (Å²) in [6.07, 6.45) is 4.55. The van der Waals surface area contributed by atoms with E-state index >= 15 is 0 Å². The van der Waals surface area contributed by atoms with E-state index in [4.69, 9.17) is 4.74 Å². The standard InChI is InChI=1S/C17H20BrN5O3/c1-23-15-4-2-3-14(13(15)9-19-23)20-17(25)22-21-16(24)10-26-12-7-5-11(18)6-8-12/h5-9,14H,2-4,10H2,1H3,(H,21,24)(H2,20,22,25). The predicted octanol–water partition coefficient (Wildman–Crippen LogP) is 1.97. The number of urea groups is 1. The predicted molar refractivity (Wildman–Crippen MR) is 98.3 cm³/mol. The maximum Gasteiger partial charge on any atom is 0.333 e. The van der Waals surface area contributed by atoms with Crippen LogP contribution in [0.3, 0.4) is 0 Å². The lowest BCUT2D eigenvalue weighted by Crippen LogP contribution is -2.49. The summed E-state index contributed by atoms with van der Waals surface area (Å²) >= 11 is 3.32. The largest absolute Gasteiger partial charge is 0.484 e. The van der Waals surface area contributed by atoms with Gasteiger partial charge in [-0.1, -0.05) is 15.9 Å². The van der Waals surface area contributed by atoms with Gasteiger partial charge in [0.15, 0.2) is 6.61 Å². The molecule has 1 aliphatic rings. The number of carbonyl (C=O) groups is 2. The smallest absolute Gasteiger partial charge is 0.333 e. The van der Waals surface area contributed by atoms with Crippen molar-refractivity contribution < 1.29 is 14.3 Å². The van der Waals surface area contributed by atoms with Crippen LogP contribution in [0.25, 0.3) is 0 Å². The Balaban J connectivity index is 1.43. The molecule has 0 aliphatic heterocycles. The summed E-state index contributed by atoms with van der Waals surface area (Å²) in [7, 11) is 1.90. The Morgan fingerprint density at radius 3 is 2.85 bits per heavy atom. The average Bonchev–Trinajstić information content (AvgIpc) is 3.02. The number of benzene rings is 1. The Labute approximate surface area is 159 Å². The maximum absolute atomic E-state index is 12.0. The van der Waals surface area contributed by atoms with Gasteiger partial charge in [0.25, 0.3) is 5.91 Å². The van der Waals surface area contributed by atoms with Crippen LogP contribution in [0.5, 0.6) is 5.75 Å². The molecule has 0 radical (unpaired) electrons. The molecule has 3 rings (SSSR count). The highest BCUT2D eigenvalue weighted by Crippen LogP contribution is 2.28. The molecular weight excluding hydrogens is 402 g/mol. The van der Waals surface area contributed by atoms with Crippen molar-refractivity contribution in [2.24, 2.45) is 7.05 Å². The van der Waals surface area contributed by atoms with Crippen LogP contribution >= 0.6 is 15.9 Å². The van der Waals surface area contributed by atoms with E-state index in [1.807, 2.05) is 23.9 Å². The summed E-state index contributed by atoms with van der Waals surface area (Å²) < 4.78 is 8.10. The molecule has 1 heterocycles. The molecule has 1 aromatic carbocycles. The summed E-state index contributed by atoms with van der Waals surface area (Å²) in [5, 5.41) is 7.10. The molecule has 3 amide bonds. The fraction of sp³-hybridized carbons (Fsp3) is 0.353. The zero-order chi connectivity index (χ0) is 18.5. The molecule has 9 heteroatoms. The third-order valence-corrected chi connectivity index (χ3v) is 4.71. The van der Waals surface area contributed by atoms with E-state index in [9.17, 15) is 9.59 Å². The number of amides is 3. The van der Waals surface area contributed by atoms with Crippen molar-refractivity contribution in [1.29, 1.82) is 0 Å². The Morgan fingerprint density at radius 2 is 2.08 bits per heavy atom. The summed E-state index contributed by atoms with van der Waals surface area (Å²) in [6, 6.07) is 6.54. The van der Waals surface area contributed by atoms with E-state index in [0.29, 0.717) is 5.75 Å². The molecule has 2 aromatic rings. The van der Waals surface area contributed by atoms with Gasteiger partial charge in [-0.25, -0.2) is 10.2 Å². The van der Waals surface area contributed by atoms with Crippen LogP contribution in [0.4, 0.5) is 4.79 Å². The van der Waals surface area contributed by atoms with E-state index in [1.165, 1.54) is 0 Å². The van der Waals surface area contributed by atoms with Crippen molar-refractivity contribution >= 4 is 27.9 Å². The molecule has 1 aliphatic carbocycles. The van der Waals surface area contributed by atoms with Gasteiger partial charge in [-0.15, -0.1) is 0 Å². The number of hydrazine groups is 1. The van der Waals surface area contributed by atoms with E-state index in [-0.39, 0.29) is 12.6 Å². The molecule has 1 aromatic heterocycles. The number of fused-ring (bicyclic) bond motifs is 1. The van der Waals surface area contributed by atoms with Gasteiger partial charge in [-0.3, -0.25) is 14.9 Å². The summed E-state index contributed by atoms with van der Waals surface area (Å²) in [5.41, 5.74) is 6.83. The van der Waals surface area contributed by atoms with E-state index < -0.39 is 11.9 Å². The molecule has 0 saturated heterocycles. The van der Waals surface area contributed by atoms with Crippen LogP contribution in [-0.4, -0.2) is 28.3 Å². The molecule has 1 atom stereocenters. The first-order valence-electron chi connectivity index (χ1n) is 8.27. The second-order valence-electron chi connectivity index (χ2n) is 6.00. The molecular formula is C17H20BrN5O3. The Morgan fingerprint density at radius 1 is 1.31 bits per heavy atom. The maximum atomic E-state index is 12.0. The SMILES string of the molecule is Cn1ncc2c1CCCC2NC(=O)NNC(=O)COc1ccc(Br)cc1. The minimum absolute atomic E-state index is 0.108. The number of hydrogen-bond donors (Lipinski definition) is 3. The van der Waals surface area contributed by atoms with Crippen LogP contribution in [0.1, 0.15) is 30.1 Å². The van der Waals surface area contributed by atoms with Gasteiger partial charge in [-0.2, -0.15) is 5.10 Å². The molecule has 26 heavy (non-hydrogen) atoms. The Kier molecular flexibility index (Phi) is 5.77. The van der Waals surface area contributed by atoms with Gasteiger partial charge in [0, 0.05) is 22.8 Å². The van der Waals surface area contributed by atoms with Crippen molar-refractivity contribution in [3.05, 3.63) is 46.2 Å². The fourth-order valence-corrected chi connectivity index (χ4v) is 3.16. The average molecular weight is 422 g/mol. The number of carbonyl (C=O) groups excluding carboxylic acids is 2. The van der Waals surface area contributed by atoms with Gasteiger partial charge >= 0.3 is 6.03 Å². The van der Waals surface area contributed by atoms with Gasteiger partial charge in [0.05, 0.1) is 12.2 Å². The highest BCUT2D eigenvalue weighted by molar-refractivity contribution is 9.10. The Hall–Kier alpha value is -2.55. The second-order valence-corrected chi connectivity index (χ2v) is 6.92. The first kappa shape index (κ1) is 18.2. The quantitative estimate of drug-likeness (QED) is 0.657. The molecule has 0 spiro atoms.